The zero-order valence-electron chi connectivity index (χ0n) is 43.6. The molecule has 66 heavy (non-hydrogen) atoms. The van der Waals surface area contributed by atoms with E-state index in [-0.39, 0.29) is 36.2 Å². The van der Waals surface area contributed by atoms with E-state index >= 15 is 0 Å². The summed E-state index contributed by atoms with van der Waals surface area (Å²) in [7, 11) is 5.53. The number of carbonyl (C=O) groups excluding carboxylic acids is 2. The number of likely N-dealkylation sites (N-methyl/N-ethyl adjacent to an activating group) is 1. The molecule has 8 heteroatoms. The van der Waals surface area contributed by atoms with Crippen LogP contribution in [0.25, 0.3) is 0 Å². The molecule has 0 aromatic carbocycles. The van der Waals surface area contributed by atoms with Crippen LogP contribution in [0.5, 0.6) is 0 Å². The third kappa shape index (κ3) is 46.2. The molecule has 0 aliphatic heterocycles. The number of ether oxygens (including phenoxy) is 3. The number of nitrogens with zero attached hydrogens (tertiary/aromatic N) is 1. The van der Waals surface area contributed by atoms with E-state index in [1.807, 2.05) is 21.1 Å². The van der Waals surface area contributed by atoms with Crippen molar-refractivity contribution < 1.29 is 38.2 Å². The maximum Gasteiger partial charge on any atom is 0.362 e. The molecule has 0 aliphatic rings. The SMILES string of the molecule is CC/C=C/C/C=C/C/C=C/C/C=C/CCCCCCCCCC(=O)OCC(COCCC(C(=O)O)[N+](C)(C)C)OC(=O)CCCCCCCCC/C=C/CCCCCCCCCCCCC. The highest BCUT2D eigenvalue weighted by atomic mass is 16.6. The number of unbranched alkanes of at least 4 members (excludes halogenated alkanes) is 25. The van der Waals surface area contributed by atoms with Crippen molar-refractivity contribution in [3.8, 4) is 0 Å². The fraction of sp³-hybridized carbons (Fsp3) is 0.776. The third-order valence-corrected chi connectivity index (χ3v) is 12.2. The minimum Gasteiger partial charge on any atom is -0.477 e. The summed E-state index contributed by atoms with van der Waals surface area (Å²) in [5.74, 6) is -1.48. The van der Waals surface area contributed by atoms with E-state index in [1.54, 1.807) is 0 Å². The summed E-state index contributed by atoms with van der Waals surface area (Å²) in [5, 5.41) is 9.67. The summed E-state index contributed by atoms with van der Waals surface area (Å²) in [6, 6.07) is -0.620. The number of hydrogen-bond donors (Lipinski definition) is 1. The van der Waals surface area contributed by atoms with Gasteiger partial charge in [-0.2, -0.15) is 0 Å². The van der Waals surface area contributed by atoms with E-state index in [0.29, 0.717) is 19.3 Å². The molecule has 0 bridgehead atoms. The van der Waals surface area contributed by atoms with Gasteiger partial charge in [-0.3, -0.25) is 9.59 Å². The van der Waals surface area contributed by atoms with Crippen molar-refractivity contribution in [3.05, 3.63) is 60.8 Å². The van der Waals surface area contributed by atoms with Crippen molar-refractivity contribution in [2.75, 3.05) is 41.0 Å². The molecule has 0 amide bonds. The van der Waals surface area contributed by atoms with Crippen molar-refractivity contribution >= 4 is 17.9 Å². The Labute approximate surface area is 407 Å². The van der Waals surface area contributed by atoms with Crippen LogP contribution < -0.4 is 0 Å². The van der Waals surface area contributed by atoms with E-state index in [9.17, 15) is 19.5 Å². The molecule has 382 valence electrons. The maximum absolute atomic E-state index is 12.8. The van der Waals surface area contributed by atoms with Gasteiger partial charge in [-0.25, -0.2) is 4.79 Å². The Bertz CT molecular complexity index is 1260. The summed E-state index contributed by atoms with van der Waals surface area (Å²) in [6.45, 7) is 4.64. The summed E-state index contributed by atoms with van der Waals surface area (Å²) in [5.41, 5.74) is 0. The molecule has 0 radical (unpaired) electrons. The zero-order valence-corrected chi connectivity index (χ0v) is 43.6. The lowest BCUT2D eigenvalue weighted by molar-refractivity contribution is -0.887. The van der Waals surface area contributed by atoms with Crippen molar-refractivity contribution in [1.29, 1.82) is 0 Å². The summed E-state index contributed by atoms with van der Waals surface area (Å²) < 4.78 is 17.4. The first-order chi connectivity index (χ1) is 32.1. The van der Waals surface area contributed by atoms with Crippen LogP contribution in [0.1, 0.15) is 239 Å². The molecule has 0 aromatic rings. The van der Waals surface area contributed by atoms with Gasteiger partial charge < -0.3 is 23.8 Å². The number of hydrogen-bond acceptors (Lipinski definition) is 6. The van der Waals surface area contributed by atoms with E-state index in [0.717, 1.165) is 70.6 Å². The van der Waals surface area contributed by atoms with Crippen LogP contribution in [0.15, 0.2) is 60.8 Å². The Morgan fingerprint density at radius 3 is 1.27 bits per heavy atom. The number of carboxylic acid groups (broad SMARTS) is 1. The van der Waals surface area contributed by atoms with Gasteiger partial charge in [0, 0.05) is 19.3 Å². The van der Waals surface area contributed by atoms with Crippen LogP contribution in [0.3, 0.4) is 0 Å². The summed E-state index contributed by atoms with van der Waals surface area (Å²) >= 11 is 0. The van der Waals surface area contributed by atoms with Gasteiger partial charge in [-0.1, -0.05) is 203 Å². The Morgan fingerprint density at radius 2 is 0.848 bits per heavy atom. The number of quaternary nitrogens is 1. The van der Waals surface area contributed by atoms with E-state index < -0.39 is 18.1 Å². The molecule has 2 unspecified atom stereocenters. The monoisotopic (exact) mass is 927 g/mol. The first-order valence-electron chi connectivity index (χ1n) is 27.3. The minimum absolute atomic E-state index is 0.0549. The molecule has 0 aliphatic carbocycles. The maximum atomic E-state index is 12.8. The normalized spacial score (nSPS) is 13.3. The second-order valence-electron chi connectivity index (χ2n) is 19.5. The topological polar surface area (TPSA) is 99.1 Å². The molecule has 8 nitrogen and oxygen atoms in total. The van der Waals surface area contributed by atoms with Crippen molar-refractivity contribution in [1.82, 2.24) is 0 Å². The molecule has 1 N–H and O–H groups in total. The first kappa shape index (κ1) is 63.0. The number of rotatable bonds is 49. The molecular weight excluding hydrogens is 823 g/mol. The molecule has 0 rings (SSSR count). The van der Waals surface area contributed by atoms with Crippen molar-refractivity contribution in [2.45, 2.75) is 251 Å². The van der Waals surface area contributed by atoms with Gasteiger partial charge >= 0.3 is 17.9 Å². The second kappa shape index (κ2) is 48.5. The van der Waals surface area contributed by atoms with E-state index in [2.05, 4.69) is 74.6 Å². The largest absolute Gasteiger partial charge is 0.477 e. The van der Waals surface area contributed by atoms with E-state index in [4.69, 9.17) is 14.2 Å². The summed E-state index contributed by atoms with van der Waals surface area (Å²) in [6.07, 6.45) is 61.3. The van der Waals surface area contributed by atoms with Gasteiger partial charge in [0.15, 0.2) is 12.1 Å². The molecule has 0 heterocycles. The standard InChI is InChI=1S/C58H103NO7/c1-6-8-10-12-14-16-18-20-22-24-26-28-29-31-33-35-37-39-41-43-45-47-49-57(61)66-54(52-64-51-50-55(58(62)63)59(3,4)5)53-65-56(60)48-46-44-42-40-38-36-34-32-30-27-25-23-21-19-17-15-13-11-9-7-2/h9,11,15,17,21,23,27,29-31,54-55H,6-8,10,12-14,16,18-20,22,24-26,28,32-53H2,1-5H3/p+1/b11-9+,17-15+,23-21+,30-27+,31-29+. The first-order valence-corrected chi connectivity index (χ1v) is 27.3. The highest BCUT2D eigenvalue weighted by Gasteiger charge is 2.31. The van der Waals surface area contributed by atoms with Crippen LogP contribution in [0.2, 0.25) is 0 Å². The Morgan fingerprint density at radius 1 is 0.470 bits per heavy atom. The molecule has 0 fully saturated rings. The molecule has 0 saturated carbocycles. The predicted molar refractivity (Wildman–Crippen MR) is 280 cm³/mol. The Hall–Kier alpha value is -2.97. The van der Waals surface area contributed by atoms with Gasteiger partial charge in [-0.15, -0.1) is 0 Å². The second-order valence-corrected chi connectivity index (χ2v) is 19.5. The van der Waals surface area contributed by atoms with Gasteiger partial charge in [0.25, 0.3) is 0 Å². The molecule has 2 atom stereocenters. The van der Waals surface area contributed by atoms with Gasteiger partial charge in [0.1, 0.15) is 6.61 Å². The van der Waals surface area contributed by atoms with Crippen molar-refractivity contribution in [2.24, 2.45) is 0 Å². The highest BCUT2D eigenvalue weighted by Crippen LogP contribution is 2.15. The van der Waals surface area contributed by atoms with Crippen LogP contribution in [-0.2, 0) is 28.6 Å². The minimum atomic E-state index is -0.877. The summed E-state index contributed by atoms with van der Waals surface area (Å²) in [4.78, 5) is 37.2. The highest BCUT2D eigenvalue weighted by molar-refractivity contribution is 5.72. The number of allylic oxidation sites excluding steroid dienone is 10. The number of carbonyl (C=O) groups is 3. The molecule has 0 spiro atoms. The fourth-order valence-electron chi connectivity index (χ4n) is 7.96. The lowest BCUT2D eigenvalue weighted by Crippen LogP contribution is -2.50. The molecule has 0 saturated heterocycles. The number of carboxylic acids is 1. The fourth-order valence-corrected chi connectivity index (χ4v) is 7.96. The smallest absolute Gasteiger partial charge is 0.362 e. The Kier molecular flexibility index (Phi) is 46.3. The quantitative estimate of drug-likeness (QED) is 0.0281. The van der Waals surface area contributed by atoms with Gasteiger partial charge in [0.2, 0.25) is 0 Å². The van der Waals surface area contributed by atoms with Gasteiger partial charge in [0.05, 0.1) is 34.4 Å². The third-order valence-electron chi connectivity index (χ3n) is 12.2. The van der Waals surface area contributed by atoms with E-state index in [1.165, 1.54) is 135 Å². The van der Waals surface area contributed by atoms with Crippen LogP contribution >= 0.6 is 0 Å². The van der Waals surface area contributed by atoms with Gasteiger partial charge in [-0.05, 0) is 77.0 Å². The molecular formula is C58H104NO7+. The average molecular weight is 927 g/mol. The lowest BCUT2D eigenvalue weighted by atomic mass is 10.0. The zero-order chi connectivity index (χ0) is 48.4. The average Bonchev–Trinajstić information content (AvgIpc) is 3.28. The van der Waals surface area contributed by atoms with Crippen LogP contribution in [-0.4, -0.2) is 80.6 Å². The number of esters is 2. The Balaban J connectivity index is 4.23. The van der Waals surface area contributed by atoms with Crippen molar-refractivity contribution in [3.63, 3.8) is 0 Å². The van der Waals surface area contributed by atoms with Crippen LogP contribution in [0.4, 0.5) is 0 Å². The number of aliphatic carboxylic acids is 1. The predicted octanol–water partition coefficient (Wildman–Crippen LogP) is 16.1. The molecule has 0 aromatic heterocycles. The van der Waals surface area contributed by atoms with Crippen LogP contribution in [0, 0.1) is 0 Å². The lowest BCUT2D eigenvalue weighted by Gasteiger charge is -2.31.